The van der Waals surface area contributed by atoms with Crippen molar-refractivity contribution in [3.05, 3.63) is 0 Å². The summed E-state index contributed by atoms with van der Waals surface area (Å²) in [6.45, 7) is 4.42. The number of β-amino-alcohol motifs (C(OH)–C–C–N with tert-alkyl or cyclic N) is 1. The van der Waals surface area contributed by atoms with Crippen molar-refractivity contribution in [2.45, 2.75) is 18.6 Å². The summed E-state index contributed by atoms with van der Waals surface area (Å²) in [6, 6.07) is -0.207. The topological polar surface area (TPSA) is 64.6 Å². The molecule has 8 heteroatoms. The van der Waals surface area contributed by atoms with Crippen LogP contribution in [0.4, 0.5) is 0 Å². The summed E-state index contributed by atoms with van der Waals surface area (Å²) in [5, 5.41) is 15.3. The zero-order valence-electron chi connectivity index (χ0n) is 10.8. The molecule has 2 heterocycles. The van der Waals surface area contributed by atoms with Gasteiger partial charge < -0.3 is 15.7 Å². The Morgan fingerprint density at radius 3 is 2.63 bits per heavy atom. The third-order valence-corrected chi connectivity index (χ3v) is 4.20. The van der Waals surface area contributed by atoms with Gasteiger partial charge in [0, 0.05) is 44.2 Å². The average molecular weight is 332 g/mol. The number of nitrogens with one attached hydrogen (secondary N) is 2. The normalized spacial score (nSPS) is 27.2. The Hall–Kier alpha value is 0.280. The van der Waals surface area contributed by atoms with Crippen molar-refractivity contribution in [2.75, 3.05) is 44.2 Å². The molecule has 5 nitrogen and oxygen atoms in total. The number of carbonyl (C=O) groups excluding carboxylic acids is 1. The van der Waals surface area contributed by atoms with Crippen LogP contribution in [0, 0.1) is 0 Å². The van der Waals surface area contributed by atoms with Gasteiger partial charge in [-0.3, -0.25) is 9.69 Å². The van der Waals surface area contributed by atoms with Crippen molar-refractivity contribution in [3.63, 3.8) is 0 Å². The lowest BCUT2D eigenvalue weighted by Crippen LogP contribution is -2.44. The number of amides is 1. The van der Waals surface area contributed by atoms with Gasteiger partial charge in [-0.05, 0) is 6.42 Å². The standard InChI is InChI=1S/C11H21N3O2S.2ClH/c15-9-7-10(13-8-9)11(16)12-1-2-14-3-5-17-6-4-14;;/h9-10,13,15H,1-8H2,(H,12,16);2*1H. The fourth-order valence-electron chi connectivity index (χ4n) is 2.20. The van der Waals surface area contributed by atoms with Crippen LogP contribution in [0.15, 0.2) is 0 Å². The van der Waals surface area contributed by atoms with E-state index in [4.69, 9.17) is 0 Å². The Bertz CT molecular complexity index is 268. The minimum atomic E-state index is -0.370. The molecule has 2 saturated heterocycles. The first-order valence-electron chi connectivity index (χ1n) is 6.25. The minimum absolute atomic E-state index is 0. The summed E-state index contributed by atoms with van der Waals surface area (Å²) in [6.07, 6.45) is 0.163. The van der Waals surface area contributed by atoms with Gasteiger partial charge in [-0.2, -0.15) is 11.8 Å². The Morgan fingerprint density at radius 1 is 1.37 bits per heavy atom. The lowest BCUT2D eigenvalue weighted by atomic mass is 10.2. The smallest absolute Gasteiger partial charge is 0.237 e. The average Bonchev–Trinajstić information content (AvgIpc) is 2.77. The first-order chi connectivity index (χ1) is 8.25. The monoisotopic (exact) mass is 331 g/mol. The van der Waals surface area contributed by atoms with Gasteiger partial charge >= 0.3 is 0 Å². The molecule has 2 rings (SSSR count). The number of nitrogens with zero attached hydrogens (tertiary/aromatic N) is 1. The van der Waals surface area contributed by atoms with Crippen molar-refractivity contribution in [2.24, 2.45) is 0 Å². The molecule has 3 N–H and O–H groups in total. The molecule has 0 bridgehead atoms. The molecule has 0 aromatic carbocycles. The Kier molecular flexibility index (Phi) is 10.2. The van der Waals surface area contributed by atoms with Crippen LogP contribution < -0.4 is 10.6 Å². The van der Waals surface area contributed by atoms with E-state index in [1.165, 1.54) is 11.5 Å². The van der Waals surface area contributed by atoms with E-state index in [2.05, 4.69) is 15.5 Å². The highest BCUT2D eigenvalue weighted by Crippen LogP contribution is 2.08. The number of aliphatic hydroxyl groups is 1. The number of halogens is 2. The number of aliphatic hydroxyl groups excluding tert-OH is 1. The van der Waals surface area contributed by atoms with Gasteiger partial charge in [0.2, 0.25) is 5.91 Å². The highest BCUT2D eigenvalue weighted by Gasteiger charge is 2.27. The van der Waals surface area contributed by atoms with Gasteiger partial charge in [-0.25, -0.2) is 0 Å². The van der Waals surface area contributed by atoms with E-state index >= 15 is 0 Å². The molecule has 2 aliphatic rings. The fourth-order valence-corrected chi connectivity index (χ4v) is 3.18. The van der Waals surface area contributed by atoms with Crippen LogP contribution in [0.3, 0.4) is 0 Å². The predicted molar refractivity (Wildman–Crippen MR) is 83.7 cm³/mol. The van der Waals surface area contributed by atoms with Crippen molar-refractivity contribution >= 4 is 42.5 Å². The van der Waals surface area contributed by atoms with Gasteiger partial charge in [-0.15, -0.1) is 24.8 Å². The maximum Gasteiger partial charge on any atom is 0.237 e. The summed E-state index contributed by atoms with van der Waals surface area (Å²) < 4.78 is 0. The van der Waals surface area contributed by atoms with Crippen LogP contribution in [-0.2, 0) is 4.79 Å². The number of hydrogen-bond donors (Lipinski definition) is 3. The Labute approximate surface area is 131 Å². The molecule has 19 heavy (non-hydrogen) atoms. The van der Waals surface area contributed by atoms with Crippen LogP contribution >= 0.6 is 36.6 Å². The highest BCUT2D eigenvalue weighted by molar-refractivity contribution is 7.99. The van der Waals surface area contributed by atoms with E-state index in [1.807, 2.05) is 11.8 Å². The Balaban J connectivity index is 0.00000162. The molecule has 2 fully saturated rings. The third kappa shape index (κ3) is 6.51. The van der Waals surface area contributed by atoms with Crippen molar-refractivity contribution in [1.82, 2.24) is 15.5 Å². The third-order valence-electron chi connectivity index (χ3n) is 3.26. The molecule has 0 aliphatic carbocycles. The fraction of sp³-hybridized carbons (Fsp3) is 0.909. The molecule has 1 amide bonds. The van der Waals surface area contributed by atoms with E-state index in [0.29, 0.717) is 19.5 Å². The van der Waals surface area contributed by atoms with E-state index in [9.17, 15) is 9.90 Å². The van der Waals surface area contributed by atoms with Crippen LogP contribution in [-0.4, -0.2) is 72.3 Å². The first-order valence-corrected chi connectivity index (χ1v) is 7.40. The van der Waals surface area contributed by atoms with Crippen molar-refractivity contribution in [1.29, 1.82) is 0 Å². The molecule has 0 saturated carbocycles. The summed E-state index contributed by atoms with van der Waals surface area (Å²) >= 11 is 1.99. The van der Waals surface area contributed by atoms with E-state index < -0.39 is 0 Å². The first kappa shape index (κ1) is 19.3. The van der Waals surface area contributed by atoms with E-state index in [-0.39, 0.29) is 42.9 Å². The predicted octanol–water partition coefficient (Wildman–Crippen LogP) is -0.282. The summed E-state index contributed by atoms with van der Waals surface area (Å²) in [5.74, 6) is 2.42. The van der Waals surface area contributed by atoms with Gasteiger partial charge in [0.25, 0.3) is 0 Å². The van der Waals surface area contributed by atoms with E-state index in [0.717, 1.165) is 19.6 Å². The molecule has 114 valence electrons. The molecular formula is C11H23Cl2N3O2S. The number of rotatable bonds is 4. The largest absolute Gasteiger partial charge is 0.392 e. The second-order valence-electron chi connectivity index (χ2n) is 4.60. The van der Waals surface area contributed by atoms with Gasteiger partial charge in [0.05, 0.1) is 12.1 Å². The Morgan fingerprint density at radius 2 is 2.05 bits per heavy atom. The maximum atomic E-state index is 11.7. The molecule has 2 aliphatic heterocycles. The zero-order chi connectivity index (χ0) is 12.1. The lowest BCUT2D eigenvalue weighted by Gasteiger charge is -2.26. The molecule has 0 aromatic rings. The SMILES string of the molecule is Cl.Cl.O=C(NCCN1CCSCC1)C1CC(O)CN1. The number of thioether (sulfide) groups is 1. The summed E-state index contributed by atoms with van der Waals surface area (Å²) in [7, 11) is 0. The summed E-state index contributed by atoms with van der Waals surface area (Å²) in [4.78, 5) is 14.1. The van der Waals surface area contributed by atoms with Crippen LogP contribution in [0.25, 0.3) is 0 Å². The summed E-state index contributed by atoms with van der Waals surface area (Å²) in [5.41, 5.74) is 0. The zero-order valence-corrected chi connectivity index (χ0v) is 13.3. The number of hydrogen-bond acceptors (Lipinski definition) is 5. The number of carbonyl (C=O) groups is 1. The van der Waals surface area contributed by atoms with Crippen molar-refractivity contribution < 1.29 is 9.90 Å². The maximum absolute atomic E-state index is 11.7. The van der Waals surface area contributed by atoms with E-state index in [1.54, 1.807) is 0 Å². The van der Waals surface area contributed by atoms with Gasteiger partial charge in [-0.1, -0.05) is 0 Å². The second kappa shape index (κ2) is 10.1. The molecule has 0 aromatic heterocycles. The molecule has 2 atom stereocenters. The van der Waals surface area contributed by atoms with Crippen LogP contribution in [0.5, 0.6) is 0 Å². The van der Waals surface area contributed by atoms with Gasteiger partial charge in [0.1, 0.15) is 0 Å². The highest BCUT2D eigenvalue weighted by atomic mass is 35.5. The second-order valence-corrected chi connectivity index (χ2v) is 5.82. The van der Waals surface area contributed by atoms with Crippen LogP contribution in [0.2, 0.25) is 0 Å². The quantitative estimate of drug-likeness (QED) is 0.661. The van der Waals surface area contributed by atoms with Crippen molar-refractivity contribution in [3.8, 4) is 0 Å². The van der Waals surface area contributed by atoms with Crippen LogP contribution in [0.1, 0.15) is 6.42 Å². The lowest BCUT2D eigenvalue weighted by molar-refractivity contribution is -0.123. The molecular weight excluding hydrogens is 309 g/mol. The molecule has 0 radical (unpaired) electrons. The molecule has 0 spiro atoms. The minimum Gasteiger partial charge on any atom is -0.392 e. The van der Waals surface area contributed by atoms with Gasteiger partial charge in [0.15, 0.2) is 0 Å². The molecule has 2 unspecified atom stereocenters.